The smallest absolute Gasteiger partial charge is 0.0359 e. The van der Waals surface area contributed by atoms with Gasteiger partial charge in [-0.1, -0.05) is 19.8 Å². The first-order valence-electron chi connectivity index (χ1n) is 6.01. The van der Waals surface area contributed by atoms with Crippen LogP contribution >= 0.6 is 0 Å². The zero-order chi connectivity index (χ0) is 10.7. The third-order valence-corrected chi connectivity index (χ3v) is 3.72. The molecule has 0 bridgehead atoms. The fourth-order valence-corrected chi connectivity index (χ4v) is 2.58. The number of rotatable bonds is 4. The van der Waals surface area contributed by atoms with Crippen LogP contribution in [0.1, 0.15) is 38.3 Å². The molecule has 2 heteroatoms. The van der Waals surface area contributed by atoms with Crippen molar-refractivity contribution in [3.63, 3.8) is 0 Å². The van der Waals surface area contributed by atoms with Gasteiger partial charge in [0.2, 0.25) is 0 Å². The second-order valence-corrected chi connectivity index (χ2v) is 5.23. The van der Waals surface area contributed by atoms with Crippen LogP contribution in [-0.2, 0) is 13.6 Å². The van der Waals surface area contributed by atoms with Gasteiger partial charge in [-0.25, -0.2) is 0 Å². The van der Waals surface area contributed by atoms with Gasteiger partial charge >= 0.3 is 0 Å². The van der Waals surface area contributed by atoms with E-state index in [0.717, 1.165) is 13.1 Å². The molecule has 0 spiro atoms. The van der Waals surface area contributed by atoms with E-state index in [2.05, 4.69) is 42.2 Å². The third-order valence-electron chi connectivity index (χ3n) is 3.72. The van der Waals surface area contributed by atoms with E-state index in [4.69, 9.17) is 0 Å². The summed E-state index contributed by atoms with van der Waals surface area (Å²) in [5, 5.41) is 3.59. The van der Waals surface area contributed by atoms with Crippen LogP contribution in [0.2, 0.25) is 0 Å². The molecule has 0 amide bonds. The van der Waals surface area contributed by atoms with Crippen LogP contribution in [0.4, 0.5) is 0 Å². The number of nitrogens with zero attached hydrogens (tertiary/aromatic N) is 1. The molecule has 84 valence electrons. The van der Waals surface area contributed by atoms with Crippen LogP contribution in [0.5, 0.6) is 0 Å². The highest BCUT2D eigenvalue weighted by atomic mass is 15.0. The van der Waals surface area contributed by atoms with E-state index in [-0.39, 0.29) is 0 Å². The molecule has 1 aromatic rings. The van der Waals surface area contributed by atoms with Crippen molar-refractivity contribution in [1.82, 2.24) is 9.88 Å². The van der Waals surface area contributed by atoms with Crippen LogP contribution in [0.25, 0.3) is 0 Å². The molecule has 1 fully saturated rings. The van der Waals surface area contributed by atoms with Crippen LogP contribution < -0.4 is 5.32 Å². The SMILES string of the molecule is Cn1cccc1CNCC1(C)CCCC1. The highest BCUT2D eigenvalue weighted by molar-refractivity contribution is 5.06. The van der Waals surface area contributed by atoms with E-state index in [1.54, 1.807) is 0 Å². The molecular formula is C13H22N2. The Morgan fingerprint density at radius 3 is 2.73 bits per heavy atom. The zero-order valence-electron chi connectivity index (χ0n) is 9.92. The molecule has 1 N–H and O–H groups in total. The van der Waals surface area contributed by atoms with Gasteiger partial charge in [-0.3, -0.25) is 0 Å². The van der Waals surface area contributed by atoms with Crippen molar-refractivity contribution < 1.29 is 0 Å². The van der Waals surface area contributed by atoms with E-state index in [0.29, 0.717) is 5.41 Å². The Bertz CT molecular complexity index is 308. The lowest BCUT2D eigenvalue weighted by Gasteiger charge is -2.23. The standard InChI is InChI=1S/C13H22N2/c1-13(7-3-4-8-13)11-14-10-12-6-5-9-15(12)2/h5-6,9,14H,3-4,7-8,10-11H2,1-2H3. The van der Waals surface area contributed by atoms with Crippen LogP contribution in [0, 0.1) is 5.41 Å². The molecule has 1 saturated carbocycles. The maximum atomic E-state index is 3.59. The van der Waals surface area contributed by atoms with Gasteiger partial charge in [0.05, 0.1) is 0 Å². The van der Waals surface area contributed by atoms with Gasteiger partial charge in [-0.2, -0.15) is 0 Å². The summed E-state index contributed by atoms with van der Waals surface area (Å²) in [5.41, 5.74) is 1.93. The highest BCUT2D eigenvalue weighted by Crippen LogP contribution is 2.36. The Labute approximate surface area is 92.7 Å². The normalized spacial score (nSPS) is 19.6. The predicted octanol–water partition coefficient (Wildman–Crippen LogP) is 2.70. The molecule has 0 radical (unpaired) electrons. The van der Waals surface area contributed by atoms with Gasteiger partial charge in [0.15, 0.2) is 0 Å². The van der Waals surface area contributed by atoms with Crippen molar-refractivity contribution in [2.24, 2.45) is 12.5 Å². The Kier molecular flexibility index (Phi) is 3.15. The lowest BCUT2D eigenvalue weighted by atomic mass is 9.89. The molecular weight excluding hydrogens is 184 g/mol. The molecule has 2 rings (SSSR count). The molecule has 1 aromatic heterocycles. The summed E-state index contributed by atoms with van der Waals surface area (Å²) < 4.78 is 2.18. The summed E-state index contributed by atoms with van der Waals surface area (Å²) in [6, 6.07) is 4.29. The fraction of sp³-hybridized carbons (Fsp3) is 0.692. The minimum Gasteiger partial charge on any atom is -0.353 e. The first-order chi connectivity index (χ1) is 7.20. The van der Waals surface area contributed by atoms with Gasteiger partial charge in [-0.15, -0.1) is 0 Å². The fourth-order valence-electron chi connectivity index (χ4n) is 2.58. The van der Waals surface area contributed by atoms with Crippen molar-refractivity contribution in [2.45, 2.75) is 39.2 Å². The van der Waals surface area contributed by atoms with E-state index < -0.39 is 0 Å². The molecule has 1 aliphatic carbocycles. The minimum absolute atomic E-state index is 0.561. The average Bonchev–Trinajstić information content (AvgIpc) is 2.78. The third kappa shape index (κ3) is 2.63. The quantitative estimate of drug-likeness (QED) is 0.801. The largest absolute Gasteiger partial charge is 0.353 e. The monoisotopic (exact) mass is 206 g/mol. The molecule has 0 atom stereocenters. The van der Waals surface area contributed by atoms with Crippen molar-refractivity contribution in [1.29, 1.82) is 0 Å². The summed E-state index contributed by atoms with van der Waals surface area (Å²) in [4.78, 5) is 0. The summed E-state index contributed by atoms with van der Waals surface area (Å²) in [7, 11) is 2.11. The van der Waals surface area contributed by atoms with Crippen molar-refractivity contribution in [3.8, 4) is 0 Å². The number of aryl methyl sites for hydroxylation is 1. The van der Waals surface area contributed by atoms with Crippen molar-refractivity contribution in [3.05, 3.63) is 24.0 Å². The van der Waals surface area contributed by atoms with Gasteiger partial charge < -0.3 is 9.88 Å². The topological polar surface area (TPSA) is 17.0 Å². The molecule has 1 aliphatic rings. The molecule has 0 saturated heterocycles. The molecule has 0 aromatic carbocycles. The zero-order valence-corrected chi connectivity index (χ0v) is 9.92. The molecule has 2 nitrogen and oxygen atoms in total. The molecule has 0 aliphatic heterocycles. The van der Waals surface area contributed by atoms with Gasteiger partial charge in [0, 0.05) is 32.0 Å². The highest BCUT2D eigenvalue weighted by Gasteiger charge is 2.27. The van der Waals surface area contributed by atoms with Crippen LogP contribution in [-0.4, -0.2) is 11.1 Å². The lowest BCUT2D eigenvalue weighted by Crippen LogP contribution is -2.29. The first kappa shape index (κ1) is 10.7. The molecule has 1 heterocycles. The minimum atomic E-state index is 0.561. The van der Waals surface area contributed by atoms with Crippen LogP contribution in [0.15, 0.2) is 18.3 Å². The van der Waals surface area contributed by atoms with Crippen molar-refractivity contribution in [2.75, 3.05) is 6.54 Å². The summed E-state index contributed by atoms with van der Waals surface area (Å²) in [6.45, 7) is 4.58. The molecule has 0 unspecified atom stereocenters. The molecule has 15 heavy (non-hydrogen) atoms. The number of hydrogen-bond donors (Lipinski definition) is 1. The summed E-state index contributed by atoms with van der Waals surface area (Å²) in [6.07, 6.45) is 7.74. The number of aromatic nitrogens is 1. The Morgan fingerprint density at radius 1 is 1.40 bits per heavy atom. The number of hydrogen-bond acceptors (Lipinski definition) is 1. The van der Waals surface area contributed by atoms with E-state index in [1.807, 2.05) is 0 Å². The van der Waals surface area contributed by atoms with E-state index in [9.17, 15) is 0 Å². The van der Waals surface area contributed by atoms with Crippen LogP contribution in [0.3, 0.4) is 0 Å². The van der Waals surface area contributed by atoms with Gasteiger partial charge in [-0.05, 0) is 30.4 Å². The average molecular weight is 206 g/mol. The second-order valence-electron chi connectivity index (χ2n) is 5.23. The Balaban J connectivity index is 1.77. The van der Waals surface area contributed by atoms with Crippen molar-refractivity contribution >= 4 is 0 Å². The van der Waals surface area contributed by atoms with Gasteiger partial charge in [0.25, 0.3) is 0 Å². The predicted molar refractivity (Wildman–Crippen MR) is 63.7 cm³/mol. The van der Waals surface area contributed by atoms with E-state index >= 15 is 0 Å². The number of nitrogens with one attached hydrogen (secondary N) is 1. The summed E-state index contributed by atoms with van der Waals surface area (Å²) in [5.74, 6) is 0. The Hall–Kier alpha value is -0.760. The maximum absolute atomic E-state index is 3.59. The first-order valence-corrected chi connectivity index (χ1v) is 6.01. The maximum Gasteiger partial charge on any atom is 0.0359 e. The Morgan fingerprint density at radius 2 is 2.13 bits per heavy atom. The lowest BCUT2D eigenvalue weighted by molar-refractivity contribution is 0.313. The van der Waals surface area contributed by atoms with E-state index in [1.165, 1.54) is 31.4 Å². The van der Waals surface area contributed by atoms with Gasteiger partial charge in [0.1, 0.15) is 0 Å². The second kappa shape index (κ2) is 4.40. The summed E-state index contributed by atoms with van der Waals surface area (Å²) >= 11 is 0.